The maximum atomic E-state index is 12.7. The molecule has 4 rings (SSSR count). The number of nitrogens with zero attached hydrogens (tertiary/aromatic N) is 2. The summed E-state index contributed by atoms with van der Waals surface area (Å²) in [5.41, 5.74) is 2.57. The van der Waals surface area contributed by atoms with Crippen molar-refractivity contribution in [3.05, 3.63) is 76.3 Å². The second-order valence-corrected chi connectivity index (χ2v) is 10.5. The van der Waals surface area contributed by atoms with Crippen molar-refractivity contribution in [1.82, 2.24) is 10.1 Å². The van der Waals surface area contributed by atoms with Crippen LogP contribution in [0, 0.1) is 0 Å². The van der Waals surface area contributed by atoms with E-state index in [9.17, 15) is 9.59 Å². The van der Waals surface area contributed by atoms with Gasteiger partial charge in [0.05, 0.1) is 24.7 Å². The Labute approximate surface area is 220 Å². The first-order chi connectivity index (χ1) is 17.5. The highest BCUT2D eigenvalue weighted by atomic mass is 35.5. The van der Waals surface area contributed by atoms with Crippen molar-refractivity contribution in [1.29, 1.82) is 0 Å². The van der Waals surface area contributed by atoms with E-state index in [1.807, 2.05) is 32.9 Å². The van der Waals surface area contributed by atoms with E-state index in [-0.39, 0.29) is 36.2 Å². The smallest absolute Gasteiger partial charge is 0.143 e. The fourth-order valence-electron chi connectivity index (χ4n) is 3.97. The molecule has 0 fully saturated rings. The van der Waals surface area contributed by atoms with Gasteiger partial charge in [0.1, 0.15) is 34.6 Å². The SMILES string of the molecule is COc1cc2nccc(Oc3ccc(CC(=O)Cc4cc(C(C)(C)C)on4)c(Cl)c3)c2cc1CC(C)=O. The molecule has 192 valence electrons. The van der Waals surface area contributed by atoms with Gasteiger partial charge in [-0.1, -0.05) is 43.6 Å². The van der Waals surface area contributed by atoms with Crippen LogP contribution in [0.3, 0.4) is 0 Å². The molecule has 0 saturated carbocycles. The van der Waals surface area contributed by atoms with Crippen molar-refractivity contribution in [2.75, 3.05) is 7.11 Å². The average Bonchev–Trinajstić information content (AvgIpc) is 3.29. The zero-order valence-electron chi connectivity index (χ0n) is 21.6. The lowest BCUT2D eigenvalue weighted by atomic mass is 9.93. The number of halogens is 1. The summed E-state index contributed by atoms with van der Waals surface area (Å²) >= 11 is 6.51. The number of aromatic nitrogens is 2. The minimum atomic E-state index is -0.172. The Morgan fingerprint density at radius 1 is 0.973 bits per heavy atom. The Balaban J connectivity index is 1.51. The third kappa shape index (κ3) is 6.35. The highest BCUT2D eigenvalue weighted by Crippen LogP contribution is 2.35. The number of hydrogen-bond donors (Lipinski definition) is 0. The topological polar surface area (TPSA) is 91.5 Å². The molecule has 0 radical (unpaired) electrons. The number of methoxy groups -OCH3 is 1. The second-order valence-electron chi connectivity index (χ2n) is 10.0. The van der Waals surface area contributed by atoms with Gasteiger partial charge in [0.15, 0.2) is 0 Å². The van der Waals surface area contributed by atoms with Crippen LogP contribution in [-0.4, -0.2) is 28.8 Å². The molecular formula is C29H29ClN2O5. The molecule has 0 bridgehead atoms. The molecule has 7 nitrogen and oxygen atoms in total. The molecule has 8 heteroatoms. The van der Waals surface area contributed by atoms with Crippen molar-refractivity contribution in [3.63, 3.8) is 0 Å². The molecule has 2 aromatic carbocycles. The van der Waals surface area contributed by atoms with Crippen LogP contribution < -0.4 is 9.47 Å². The number of carbonyl (C=O) groups excluding carboxylic acids is 2. The van der Waals surface area contributed by atoms with Crippen LogP contribution in [0.2, 0.25) is 5.02 Å². The van der Waals surface area contributed by atoms with E-state index in [4.69, 9.17) is 25.6 Å². The van der Waals surface area contributed by atoms with Gasteiger partial charge in [-0.15, -0.1) is 0 Å². The summed E-state index contributed by atoms with van der Waals surface area (Å²) in [7, 11) is 1.56. The van der Waals surface area contributed by atoms with Crippen LogP contribution in [0.4, 0.5) is 0 Å². The average molecular weight is 521 g/mol. The summed E-state index contributed by atoms with van der Waals surface area (Å²) in [6, 6.07) is 12.5. The maximum Gasteiger partial charge on any atom is 0.143 e. The Hall–Kier alpha value is -3.71. The number of fused-ring (bicyclic) bond motifs is 1. The van der Waals surface area contributed by atoms with Crippen molar-refractivity contribution in [2.24, 2.45) is 0 Å². The standard InChI is InChI=1S/C29H29ClN2O5/c1-17(33)10-19-12-23-25(16-27(19)35-5)31-9-8-26(23)36-22-7-6-18(24(30)15-22)11-21(34)13-20-14-28(37-32-20)29(2,3)4/h6-9,12,14-16H,10-11,13H2,1-5H3. The van der Waals surface area contributed by atoms with Crippen molar-refractivity contribution < 1.29 is 23.6 Å². The van der Waals surface area contributed by atoms with E-state index in [1.165, 1.54) is 6.92 Å². The van der Waals surface area contributed by atoms with Crippen molar-refractivity contribution in [2.45, 2.75) is 52.4 Å². The lowest BCUT2D eigenvalue weighted by Gasteiger charge is -2.13. The van der Waals surface area contributed by atoms with E-state index < -0.39 is 0 Å². The zero-order chi connectivity index (χ0) is 26.7. The molecule has 0 aliphatic carbocycles. The predicted molar refractivity (Wildman–Crippen MR) is 142 cm³/mol. The molecule has 0 unspecified atom stereocenters. The summed E-state index contributed by atoms with van der Waals surface area (Å²) in [6.07, 6.45) is 2.23. The highest BCUT2D eigenvalue weighted by molar-refractivity contribution is 6.31. The minimum Gasteiger partial charge on any atom is -0.496 e. The van der Waals surface area contributed by atoms with E-state index in [2.05, 4.69) is 10.1 Å². The van der Waals surface area contributed by atoms with Gasteiger partial charge in [0.2, 0.25) is 0 Å². The first-order valence-corrected chi connectivity index (χ1v) is 12.3. The van der Waals surface area contributed by atoms with Gasteiger partial charge in [0, 0.05) is 52.6 Å². The van der Waals surface area contributed by atoms with Gasteiger partial charge in [-0.25, -0.2) is 0 Å². The summed E-state index contributed by atoms with van der Waals surface area (Å²) < 4.78 is 17.0. The lowest BCUT2D eigenvalue weighted by molar-refractivity contribution is -0.118. The first kappa shape index (κ1) is 26.4. The van der Waals surface area contributed by atoms with E-state index in [0.717, 1.165) is 16.7 Å². The molecule has 0 N–H and O–H groups in total. The molecule has 0 aliphatic rings. The van der Waals surface area contributed by atoms with Crippen LogP contribution in [0.15, 0.2) is 53.2 Å². The number of ether oxygens (including phenoxy) is 2. The van der Waals surface area contributed by atoms with Crippen LogP contribution >= 0.6 is 11.6 Å². The molecular weight excluding hydrogens is 492 g/mol. The van der Waals surface area contributed by atoms with Gasteiger partial charge in [-0.05, 0) is 36.8 Å². The normalized spacial score (nSPS) is 11.5. The number of hydrogen-bond acceptors (Lipinski definition) is 7. The number of ketones is 2. The molecule has 0 spiro atoms. The number of benzene rings is 2. The van der Waals surface area contributed by atoms with Crippen LogP contribution in [0.5, 0.6) is 17.2 Å². The predicted octanol–water partition coefficient (Wildman–Crippen LogP) is 6.46. The van der Waals surface area contributed by atoms with E-state index in [1.54, 1.807) is 43.6 Å². The highest BCUT2D eigenvalue weighted by Gasteiger charge is 2.21. The van der Waals surface area contributed by atoms with Gasteiger partial charge in [0.25, 0.3) is 0 Å². The van der Waals surface area contributed by atoms with Gasteiger partial charge >= 0.3 is 0 Å². The van der Waals surface area contributed by atoms with Gasteiger partial charge < -0.3 is 14.0 Å². The Kier molecular flexibility index (Phi) is 7.64. The minimum absolute atomic E-state index is 0.0172. The van der Waals surface area contributed by atoms with Crippen LogP contribution in [0.1, 0.15) is 50.3 Å². The monoisotopic (exact) mass is 520 g/mol. The Bertz CT molecular complexity index is 1470. The molecule has 37 heavy (non-hydrogen) atoms. The summed E-state index contributed by atoms with van der Waals surface area (Å²) in [6.45, 7) is 7.62. The number of pyridine rings is 1. The number of Topliss-reactive ketones (excluding diaryl/α,β-unsaturated/α-hetero) is 2. The fourth-order valence-corrected chi connectivity index (χ4v) is 4.20. The molecule has 0 saturated heterocycles. The van der Waals surface area contributed by atoms with E-state index in [0.29, 0.717) is 39.0 Å². The summed E-state index contributed by atoms with van der Waals surface area (Å²) in [5, 5.41) is 5.20. The van der Waals surface area contributed by atoms with Crippen molar-refractivity contribution >= 4 is 34.1 Å². The fraction of sp³-hybridized carbons (Fsp3) is 0.310. The lowest BCUT2D eigenvalue weighted by Crippen LogP contribution is -2.09. The second kappa shape index (κ2) is 10.7. The molecule has 0 amide bonds. The van der Waals surface area contributed by atoms with Crippen molar-refractivity contribution in [3.8, 4) is 17.2 Å². The van der Waals surface area contributed by atoms with E-state index >= 15 is 0 Å². The molecule has 4 aromatic rings. The molecule has 0 atom stereocenters. The Morgan fingerprint density at radius 3 is 2.41 bits per heavy atom. The third-order valence-electron chi connectivity index (χ3n) is 5.86. The summed E-state index contributed by atoms with van der Waals surface area (Å²) in [5.74, 6) is 2.44. The maximum absolute atomic E-state index is 12.7. The van der Waals surface area contributed by atoms with Crippen LogP contribution in [0.25, 0.3) is 10.9 Å². The molecule has 2 aromatic heterocycles. The summed E-state index contributed by atoms with van der Waals surface area (Å²) in [4.78, 5) is 28.8. The third-order valence-corrected chi connectivity index (χ3v) is 6.21. The van der Waals surface area contributed by atoms with Gasteiger partial charge in [-0.2, -0.15) is 0 Å². The largest absolute Gasteiger partial charge is 0.496 e. The number of rotatable bonds is 9. The zero-order valence-corrected chi connectivity index (χ0v) is 22.3. The molecule has 2 heterocycles. The quantitative estimate of drug-likeness (QED) is 0.250. The van der Waals surface area contributed by atoms with Crippen LogP contribution in [-0.2, 0) is 34.3 Å². The first-order valence-electron chi connectivity index (χ1n) is 11.9. The number of carbonyl (C=O) groups is 2. The molecule has 0 aliphatic heterocycles. The Morgan fingerprint density at radius 2 is 1.76 bits per heavy atom. The van der Waals surface area contributed by atoms with Gasteiger partial charge in [-0.3, -0.25) is 14.6 Å².